The molecule has 1 saturated carbocycles. The molecule has 2 aliphatic carbocycles. The number of fused-ring (bicyclic) bond motifs is 2. The first-order valence-electron chi connectivity index (χ1n) is 11.6. The van der Waals surface area contributed by atoms with E-state index in [1.54, 1.807) is 18.2 Å². The van der Waals surface area contributed by atoms with E-state index in [4.69, 9.17) is 0 Å². The monoisotopic (exact) mass is 450 g/mol. The molecular weight excluding hydrogens is 424 g/mol. The molecule has 2 aromatic rings. The number of carbonyl (C=O) groups is 2. The van der Waals surface area contributed by atoms with Crippen LogP contribution in [0.2, 0.25) is 0 Å². The van der Waals surface area contributed by atoms with Gasteiger partial charge in [0.05, 0.1) is 29.2 Å². The molecule has 3 atom stereocenters. The minimum atomic E-state index is -0.982. The molecule has 0 aromatic heterocycles. The molecule has 5 rings (SSSR count). The predicted octanol–water partition coefficient (Wildman–Crippen LogP) is 5.41. The van der Waals surface area contributed by atoms with Crippen LogP contribution in [0.5, 0.6) is 0 Å². The van der Waals surface area contributed by atoms with E-state index in [9.17, 15) is 20.0 Å². The number of nitriles is 1. The Labute approximate surface area is 199 Å². The molecule has 0 radical (unpaired) electrons. The Morgan fingerprint density at radius 2 is 2.00 bits per heavy atom. The molecule has 2 aromatic carbocycles. The van der Waals surface area contributed by atoms with E-state index in [2.05, 4.69) is 38.1 Å². The average molecular weight is 451 g/mol. The van der Waals surface area contributed by atoms with Crippen LogP contribution in [0, 0.1) is 28.6 Å². The molecule has 1 fully saturated rings. The van der Waals surface area contributed by atoms with Crippen molar-refractivity contribution >= 4 is 17.6 Å². The van der Waals surface area contributed by atoms with Crippen LogP contribution >= 0.6 is 0 Å². The van der Waals surface area contributed by atoms with Crippen molar-refractivity contribution in [1.82, 2.24) is 0 Å². The Morgan fingerprint density at radius 1 is 1.21 bits per heavy atom. The number of para-hydroxylation sites is 1. The second kappa shape index (κ2) is 7.85. The lowest BCUT2D eigenvalue weighted by Crippen LogP contribution is -2.38. The van der Waals surface area contributed by atoms with Crippen molar-refractivity contribution < 1.29 is 14.7 Å². The van der Waals surface area contributed by atoms with Crippen molar-refractivity contribution in [3.63, 3.8) is 0 Å². The van der Waals surface area contributed by atoms with E-state index >= 15 is 0 Å². The van der Waals surface area contributed by atoms with Gasteiger partial charge in [0.25, 0.3) is 0 Å². The summed E-state index contributed by atoms with van der Waals surface area (Å²) in [5, 5.41) is 18.7. The largest absolute Gasteiger partial charge is 0.478 e. The predicted molar refractivity (Wildman–Crippen MR) is 130 cm³/mol. The molecule has 1 N–H and O–H groups in total. The number of hydrogen-bond acceptors (Lipinski definition) is 3. The number of allylic oxidation sites excluding steroid dienone is 6. The van der Waals surface area contributed by atoms with Crippen molar-refractivity contribution in [2.45, 2.75) is 32.2 Å². The number of carboxylic acids is 1. The zero-order chi connectivity index (χ0) is 24.1. The summed E-state index contributed by atoms with van der Waals surface area (Å²) in [6.07, 6.45) is 10.5. The highest BCUT2D eigenvalue weighted by Gasteiger charge is 2.78. The van der Waals surface area contributed by atoms with Gasteiger partial charge < -0.3 is 10.0 Å². The van der Waals surface area contributed by atoms with Crippen molar-refractivity contribution in [3.8, 4) is 6.07 Å². The molecule has 1 amide bonds. The van der Waals surface area contributed by atoms with Gasteiger partial charge in [0, 0.05) is 17.0 Å². The smallest absolute Gasteiger partial charge is 0.335 e. The van der Waals surface area contributed by atoms with Crippen LogP contribution in [0.4, 0.5) is 5.69 Å². The molecule has 0 bridgehead atoms. The van der Waals surface area contributed by atoms with Gasteiger partial charge in [-0.15, -0.1) is 0 Å². The van der Waals surface area contributed by atoms with Crippen LogP contribution in [0.1, 0.15) is 41.8 Å². The number of benzene rings is 2. The summed E-state index contributed by atoms with van der Waals surface area (Å²) in [5.41, 5.74) is 2.60. The maximum atomic E-state index is 14.2. The molecule has 3 unspecified atom stereocenters. The zero-order valence-corrected chi connectivity index (χ0v) is 19.2. The first kappa shape index (κ1) is 21.9. The Kier molecular flexibility index (Phi) is 5.06. The lowest BCUT2D eigenvalue weighted by molar-refractivity contribution is -0.121. The SMILES string of the molecule is CC(C)C1(C2C=CC=C(C#N)C=C2)CC12C(=O)N(Cc1cccc(C(=O)O)c1)c1ccccc12. The normalized spacial score (nSPS) is 26.9. The van der Waals surface area contributed by atoms with E-state index in [1.165, 1.54) is 0 Å². The number of amides is 1. The van der Waals surface area contributed by atoms with E-state index in [-0.39, 0.29) is 28.7 Å². The van der Waals surface area contributed by atoms with Crippen LogP contribution in [0.15, 0.2) is 84.5 Å². The summed E-state index contributed by atoms with van der Waals surface area (Å²) in [5.74, 6) is -0.669. The van der Waals surface area contributed by atoms with Gasteiger partial charge in [0.2, 0.25) is 5.91 Å². The highest BCUT2D eigenvalue weighted by molar-refractivity contribution is 6.11. The number of rotatable bonds is 5. The van der Waals surface area contributed by atoms with Gasteiger partial charge in [0.1, 0.15) is 0 Å². The van der Waals surface area contributed by atoms with Gasteiger partial charge in [0.15, 0.2) is 0 Å². The van der Waals surface area contributed by atoms with E-state index in [0.29, 0.717) is 12.1 Å². The minimum absolute atomic E-state index is 0.0156. The van der Waals surface area contributed by atoms with Gasteiger partial charge in [-0.05, 0) is 53.8 Å². The fourth-order valence-corrected chi connectivity index (χ4v) is 6.19. The molecule has 1 heterocycles. The Bertz CT molecular complexity index is 1330. The molecule has 0 saturated heterocycles. The summed E-state index contributed by atoms with van der Waals surface area (Å²) in [6, 6.07) is 17.0. The second-order valence-corrected chi connectivity index (χ2v) is 9.69. The van der Waals surface area contributed by atoms with Gasteiger partial charge in [-0.3, -0.25) is 4.79 Å². The topological polar surface area (TPSA) is 81.4 Å². The highest BCUT2D eigenvalue weighted by Crippen LogP contribution is 2.76. The Morgan fingerprint density at radius 3 is 2.74 bits per heavy atom. The maximum Gasteiger partial charge on any atom is 0.335 e. The summed E-state index contributed by atoms with van der Waals surface area (Å²) >= 11 is 0. The van der Waals surface area contributed by atoms with Crippen molar-refractivity contribution in [1.29, 1.82) is 5.26 Å². The third-order valence-corrected chi connectivity index (χ3v) is 7.84. The number of nitrogens with zero attached hydrogens (tertiary/aromatic N) is 2. The molecule has 1 spiro atoms. The van der Waals surface area contributed by atoms with Crippen molar-refractivity contribution in [3.05, 3.63) is 101 Å². The van der Waals surface area contributed by atoms with Crippen LogP contribution in [0.3, 0.4) is 0 Å². The number of anilines is 1. The van der Waals surface area contributed by atoms with Gasteiger partial charge in [-0.2, -0.15) is 5.26 Å². The first-order valence-corrected chi connectivity index (χ1v) is 11.6. The summed E-state index contributed by atoms with van der Waals surface area (Å²) in [4.78, 5) is 27.5. The Balaban J connectivity index is 1.57. The second-order valence-electron chi connectivity index (χ2n) is 9.69. The van der Waals surface area contributed by atoms with Gasteiger partial charge in [-0.25, -0.2) is 4.79 Å². The fraction of sp³-hybridized carbons (Fsp3) is 0.276. The average Bonchev–Trinajstić information content (AvgIpc) is 3.55. The van der Waals surface area contributed by atoms with Crippen LogP contribution < -0.4 is 4.90 Å². The quantitative estimate of drug-likeness (QED) is 0.661. The first-order chi connectivity index (χ1) is 16.3. The van der Waals surface area contributed by atoms with E-state index in [1.807, 2.05) is 47.4 Å². The van der Waals surface area contributed by atoms with Gasteiger partial charge in [-0.1, -0.05) is 62.4 Å². The third-order valence-electron chi connectivity index (χ3n) is 7.84. The summed E-state index contributed by atoms with van der Waals surface area (Å²) in [6.45, 7) is 4.67. The van der Waals surface area contributed by atoms with Crippen molar-refractivity contribution in [2.75, 3.05) is 4.90 Å². The zero-order valence-electron chi connectivity index (χ0n) is 19.2. The minimum Gasteiger partial charge on any atom is -0.478 e. The molecule has 1 aliphatic heterocycles. The van der Waals surface area contributed by atoms with Crippen LogP contribution in [0.25, 0.3) is 0 Å². The lowest BCUT2D eigenvalue weighted by Gasteiger charge is -2.31. The van der Waals surface area contributed by atoms with E-state index in [0.717, 1.165) is 23.2 Å². The summed E-state index contributed by atoms with van der Waals surface area (Å²) < 4.78 is 0. The summed E-state index contributed by atoms with van der Waals surface area (Å²) in [7, 11) is 0. The molecule has 3 aliphatic rings. The molecule has 5 heteroatoms. The number of hydrogen-bond donors (Lipinski definition) is 1. The molecule has 5 nitrogen and oxygen atoms in total. The van der Waals surface area contributed by atoms with E-state index < -0.39 is 11.4 Å². The maximum absolute atomic E-state index is 14.2. The van der Waals surface area contributed by atoms with Crippen LogP contribution in [-0.2, 0) is 16.8 Å². The Hall–Kier alpha value is -3.91. The number of carboxylic acid groups (broad SMARTS) is 1. The van der Waals surface area contributed by atoms with Gasteiger partial charge >= 0.3 is 5.97 Å². The molecule has 170 valence electrons. The molecular formula is C29H26N2O3. The fourth-order valence-electron chi connectivity index (χ4n) is 6.19. The number of carbonyl (C=O) groups excluding carboxylic acids is 1. The standard InChI is InChI=1S/C29H26N2O3/c1-19(2)28(23-10-6-7-20(16-30)13-14-23)18-29(28)24-11-3-4-12-25(24)31(27(29)34)17-21-8-5-9-22(15-21)26(32)33/h3-15,19,23H,17-18H2,1-2H3,(H,32,33). The number of aromatic carboxylic acids is 1. The third kappa shape index (κ3) is 2.99. The molecule has 34 heavy (non-hydrogen) atoms. The lowest BCUT2D eigenvalue weighted by atomic mass is 9.71. The van der Waals surface area contributed by atoms with Crippen LogP contribution in [-0.4, -0.2) is 17.0 Å². The highest BCUT2D eigenvalue weighted by atomic mass is 16.4. The van der Waals surface area contributed by atoms with Crippen molar-refractivity contribution in [2.24, 2.45) is 17.3 Å².